The fourth-order valence-electron chi connectivity index (χ4n) is 4.31. The van der Waals surface area contributed by atoms with Gasteiger partial charge in [0.05, 0.1) is 12.1 Å². The van der Waals surface area contributed by atoms with Crippen LogP contribution in [0.3, 0.4) is 0 Å². The molecule has 2 aromatic heterocycles. The summed E-state index contributed by atoms with van der Waals surface area (Å²) in [4.78, 5) is 38.3. The molecule has 1 N–H and O–H groups in total. The third kappa shape index (κ3) is 3.96. The maximum absolute atomic E-state index is 13.3. The molecule has 1 aromatic carbocycles. The topological polar surface area (TPSA) is 73.1 Å². The van der Waals surface area contributed by atoms with Crippen molar-refractivity contribution in [1.29, 1.82) is 0 Å². The highest BCUT2D eigenvalue weighted by molar-refractivity contribution is 7.17. The lowest BCUT2D eigenvalue weighted by molar-refractivity contribution is -0.125. The molecule has 0 atom stereocenters. The Morgan fingerprint density at radius 3 is 2.57 bits per heavy atom. The van der Waals surface area contributed by atoms with E-state index in [1.807, 2.05) is 29.6 Å². The first-order valence-corrected chi connectivity index (χ1v) is 11.4. The maximum Gasteiger partial charge on any atom is 0.331 e. The maximum atomic E-state index is 13.3. The summed E-state index contributed by atoms with van der Waals surface area (Å²) in [5.74, 6) is 0.315. The highest BCUT2D eigenvalue weighted by atomic mass is 35.5. The Labute approximate surface area is 183 Å². The Balaban J connectivity index is 1.66. The minimum atomic E-state index is -0.306. The van der Waals surface area contributed by atoms with Crippen LogP contribution in [0.2, 0.25) is 5.02 Å². The molecule has 4 rings (SSSR count). The number of carbonyl (C=O) groups excluding carboxylic acids is 1. The number of rotatable bonds is 5. The van der Waals surface area contributed by atoms with Gasteiger partial charge in [0, 0.05) is 24.5 Å². The van der Waals surface area contributed by atoms with E-state index in [9.17, 15) is 14.4 Å². The average molecular weight is 446 g/mol. The molecule has 1 aliphatic carbocycles. The first-order valence-electron chi connectivity index (χ1n) is 10.2. The van der Waals surface area contributed by atoms with E-state index >= 15 is 0 Å². The summed E-state index contributed by atoms with van der Waals surface area (Å²) in [7, 11) is 1.66. The molecule has 0 radical (unpaired) electrons. The zero-order chi connectivity index (χ0) is 21.3. The van der Waals surface area contributed by atoms with Gasteiger partial charge in [0.25, 0.3) is 5.56 Å². The molecule has 0 spiro atoms. The van der Waals surface area contributed by atoms with E-state index in [4.69, 9.17) is 11.6 Å². The molecule has 1 amide bonds. The summed E-state index contributed by atoms with van der Waals surface area (Å²) < 4.78 is 3.60. The zero-order valence-electron chi connectivity index (χ0n) is 16.8. The lowest BCUT2D eigenvalue weighted by Gasteiger charge is -2.27. The first-order chi connectivity index (χ1) is 14.5. The van der Waals surface area contributed by atoms with E-state index < -0.39 is 0 Å². The van der Waals surface area contributed by atoms with Gasteiger partial charge in [-0.25, -0.2) is 4.79 Å². The van der Waals surface area contributed by atoms with Gasteiger partial charge in [0.1, 0.15) is 4.70 Å². The molecular formula is C22H24ClN3O3S. The van der Waals surface area contributed by atoms with Crippen molar-refractivity contribution in [2.24, 2.45) is 11.8 Å². The molecule has 1 fully saturated rings. The Morgan fingerprint density at radius 1 is 1.13 bits per heavy atom. The van der Waals surface area contributed by atoms with Crippen molar-refractivity contribution in [1.82, 2.24) is 14.5 Å². The Morgan fingerprint density at radius 2 is 1.87 bits per heavy atom. The molecule has 0 unspecified atom stereocenters. The van der Waals surface area contributed by atoms with Gasteiger partial charge in [-0.2, -0.15) is 0 Å². The van der Waals surface area contributed by atoms with Crippen LogP contribution in [0.25, 0.3) is 10.2 Å². The summed E-state index contributed by atoms with van der Waals surface area (Å²) in [6.07, 6.45) is 3.23. The van der Waals surface area contributed by atoms with Gasteiger partial charge in [-0.3, -0.25) is 18.7 Å². The van der Waals surface area contributed by atoms with Crippen molar-refractivity contribution in [3.63, 3.8) is 0 Å². The molecule has 1 saturated carbocycles. The smallest absolute Gasteiger partial charge is 0.331 e. The molecule has 2 heterocycles. The van der Waals surface area contributed by atoms with Gasteiger partial charge in [-0.15, -0.1) is 11.3 Å². The molecule has 3 aromatic rings. The number of thiophene rings is 1. The van der Waals surface area contributed by atoms with Gasteiger partial charge < -0.3 is 5.32 Å². The minimum absolute atomic E-state index is 0.0274. The first kappa shape index (κ1) is 20.9. The predicted molar refractivity (Wildman–Crippen MR) is 120 cm³/mol. The summed E-state index contributed by atoms with van der Waals surface area (Å²) in [5, 5.41) is 5.15. The van der Waals surface area contributed by atoms with E-state index in [-0.39, 0.29) is 29.0 Å². The van der Waals surface area contributed by atoms with Crippen molar-refractivity contribution in [2.75, 3.05) is 7.05 Å². The normalized spacial score (nSPS) is 19.1. The predicted octanol–water partition coefficient (Wildman–Crippen LogP) is 3.48. The number of halogens is 1. The van der Waals surface area contributed by atoms with Gasteiger partial charge in [-0.05, 0) is 54.7 Å². The lowest BCUT2D eigenvalue weighted by atomic mass is 9.81. The van der Waals surface area contributed by atoms with Crippen LogP contribution < -0.4 is 16.6 Å². The number of nitrogens with zero attached hydrogens (tertiary/aromatic N) is 2. The van der Waals surface area contributed by atoms with Crippen LogP contribution in [0.4, 0.5) is 0 Å². The van der Waals surface area contributed by atoms with Gasteiger partial charge in [0.2, 0.25) is 5.91 Å². The van der Waals surface area contributed by atoms with Crippen molar-refractivity contribution in [2.45, 2.75) is 38.8 Å². The third-order valence-electron chi connectivity index (χ3n) is 6.03. The number of hydrogen-bond donors (Lipinski definition) is 1. The van der Waals surface area contributed by atoms with Gasteiger partial charge >= 0.3 is 5.69 Å². The van der Waals surface area contributed by atoms with Crippen molar-refractivity contribution in [3.8, 4) is 0 Å². The van der Waals surface area contributed by atoms with Crippen LogP contribution in [0.15, 0.2) is 45.3 Å². The molecule has 30 heavy (non-hydrogen) atoms. The highest BCUT2D eigenvalue weighted by Gasteiger charge is 2.27. The second-order valence-corrected chi connectivity index (χ2v) is 9.17. The van der Waals surface area contributed by atoms with E-state index in [0.717, 1.165) is 31.2 Å². The van der Waals surface area contributed by atoms with Crippen LogP contribution in [0.5, 0.6) is 0 Å². The summed E-state index contributed by atoms with van der Waals surface area (Å²) in [6, 6.07) is 9.25. The van der Waals surface area contributed by atoms with E-state index in [2.05, 4.69) is 5.32 Å². The zero-order valence-corrected chi connectivity index (χ0v) is 18.3. The lowest BCUT2D eigenvalue weighted by Crippen LogP contribution is -2.42. The SMILES string of the molecule is CNC(=O)C1CCC(Cn2c(=O)c3sccc3n(Cc3ccccc3Cl)c2=O)CC1. The van der Waals surface area contributed by atoms with E-state index in [0.29, 0.717) is 28.3 Å². The monoisotopic (exact) mass is 445 g/mol. The fourth-order valence-corrected chi connectivity index (χ4v) is 5.35. The molecule has 1 aliphatic rings. The second kappa shape index (κ2) is 8.78. The van der Waals surface area contributed by atoms with Crippen LogP contribution in [-0.4, -0.2) is 22.1 Å². The van der Waals surface area contributed by atoms with Crippen LogP contribution in [0.1, 0.15) is 31.2 Å². The number of aromatic nitrogens is 2. The van der Waals surface area contributed by atoms with Crippen LogP contribution in [-0.2, 0) is 17.9 Å². The largest absolute Gasteiger partial charge is 0.359 e. The van der Waals surface area contributed by atoms with Crippen molar-refractivity contribution >= 4 is 39.1 Å². The van der Waals surface area contributed by atoms with Gasteiger partial charge in [-0.1, -0.05) is 29.8 Å². The van der Waals surface area contributed by atoms with Crippen LogP contribution in [0, 0.1) is 11.8 Å². The molecule has 158 valence electrons. The Bertz CT molecular complexity index is 1190. The molecular weight excluding hydrogens is 422 g/mol. The number of fused-ring (bicyclic) bond motifs is 1. The number of hydrogen-bond acceptors (Lipinski definition) is 4. The second-order valence-electron chi connectivity index (χ2n) is 7.84. The van der Waals surface area contributed by atoms with Crippen LogP contribution >= 0.6 is 22.9 Å². The minimum Gasteiger partial charge on any atom is -0.359 e. The van der Waals surface area contributed by atoms with Crippen molar-refractivity contribution < 1.29 is 4.79 Å². The molecule has 0 saturated heterocycles. The fraction of sp³-hybridized carbons (Fsp3) is 0.409. The summed E-state index contributed by atoms with van der Waals surface area (Å²) >= 11 is 7.67. The number of carbonyl (C=O) groups is 1. The quantitative estimate of drug-likeness (QED) is 0.653. The molecule has 0 aliphatic heterocycles. The van der Waals surface area contributed by atoms with E-state index in [1.54, 1.807) is 17.7 Å². The molecule has 8 heteroatoms. The molecule has 0 bridgehead atoms. The Kier molecular flexibility index (Phi) is 6.11. The van der Waals surface area contributed by atoms with E-state index in [1.165, 1.54) is 15.9 Å². The van der Waals surface area contributed by atoms with Gasteiger partial charge in [0.15, 0.2) is 0 Å². The third-order valence-corrected chi connectivity index (χ3v) is 7.29. The number of nitrogens with one attached hydrogen (secondary N) is 1. The van der Waals surface area contributed by atoms with Crippen molar-refractivity contribution in [3.05, 3.63) is 67.1 Å². The number of amides is 1. The number of benzene rings is 1. The average Bonchev–Trinajstić information content (AvgIpc) is 3.25. The summed E-state index contributed by atoms with van der Waals surface area (Å²) in [6.45, 7) is 0.698. The molecule has 6 nitrogen and oxygen atoms in total. The standard InChI is InChI=1S/C22H24ClN3O3S/c1-24-20(27)15-8-6-14(7-9-15)12-26-21(28)19-18(10-11-30-19)25(22(26)29)13-16-4-2-3-5-17(16)23/h2-5,10-11,14-15H,6-9,12-13H2,1H3,(H,24,27). The highest BCUT2D eigenvalue weighted by Crippen LogP contribution is 2.30. The Hall–Kier alpha value is -2.38. The summed E-state index contributed by atoms with van der Waals surface area (Å²) in [5.41, 5.74) is 0.952.